The zero-order valence-electron chi connectivity index (χ0n) is 16.7. The van der Waals surface area contributed by atoms with Gasteiger partial charge in [0.15, 0.2) is 5.96 Å². The van der Waals surface area contributed by atoms with Crippen molar-refractivity contribution in [2.75, 3.05) is 59.1 Å². The van der Waals surface area contributed by atoms with Gasteiger partial charge in [0, 0.05) is 61.1 Å². The Hall–Kier alpha value is 0.0700. The second kappa shape index (κ2) is 13.3. The average molecular weight is 500 g/mol. The second-order valence-electron chi connectivity index (χ2n) is 7.30. The third-order valence-electron chi connectivity index (χ3n) is 5.38. The number of hydrogen-bond acceptors (Lipinski definition) is 4. The largest absolute Gasteiger partial charge is 0.355 e. The minimum atomic E-state index is -0.675. The Balaban J connectivity index is 0.00000338. The van der Waals surface area contributed by atoms with Crippen LogP contribution >= 0.6 is 24.0 Å². The molecule has 0 amide bonds. The third-order valence-corrected chi connectivity index (χ3v) is 7.12. The maximum absolute atomic E-state index is 12.1. The van der Waals surface area contributed by atoms with Crippen molar-refractivity contribution in [3.05, 3.63) is 0 Å². The summed E-state index contributed by atoms with van der Waals surface area (Å²) in [6, 6.07) is 0.396. The van der Waals surface area contributed by atoms with E-state index in [0.717, 1.165) is 63.6 Å². The molecule has 1 aliphatic heterocycles. The molecule has 2 aliphatic rings. The van der Waals surface area contributed by atoms with Gasteiger partial charge in [0.05, 0.1) is 0 Å². The number of hydrogen-bond donors (Lipinski definition) is 2. The van der Waals surface area contributed by atoms with E-state index in [4.69, 9.17) is 0 Å². The summed E-state index contributed by atoms with van der Waals surface area (Å²) < 4.78 is 12.1. The topological polar surface area (TPSA) is 60.0 Å². The Bertz CT molecular complexity index is 451. The summed E-state index contributed by atoms with van der Waals surface area (Å²) in [7, 11) is 3.36. The molecule has 0 aromatic carbocycles. The molecule has 0 spiro atoms. The minimum Gasteiger partial charge on any atom is -0.355 e. The first-order valence-electron chi connectivity index (χ1n) is 9.87. The van der Waals surface area contributed by atoms with Crippen molar-refractivity contribution in [3.8, 4) is 0 Å². The number of likely N-dealkylation sites (N-methyl/N-ethyl adjacent to an activating group) is 1. The molecule has 1 aliphatic carbocycles. The van der Waals surface area contributed by atoms with Crippen molar-refractivity contribution >= 4 is 40.7 Å². The monoisotopic (exact) mass is 499 g/mol. The van der Waals surface area contributed by atoms with Crippen LogP contribution in [0.5, 0.6) is 0 Å². The molecule has 2 rings (SSSR count). The molecule has 6 nitrogen and oxygen atoms in total. The molecule has 0 aromatic rings. The highest BCUT2D eigenvalue weighted by molar-refractivity contribution is 14.0. The summed E-state index contributed by atoms with van der Waals surface area (Å²) in [5.41, 5.74) is 0. The lowest BCUT2D eigenvalue weighted by atomic mass is 9.95. The molecule has 2 N–H and O–H groups in total. The zero-order chi connectivity index (χ0) is 18.1. The van der Waals surface area contributed by atoms with Crippen LogP contribution in [0.4, 0.5) is 0 Å². The molecule has 26 heavy (non-hydrogen) atoms. The summed E-state index contributed by atoms with van der Waals surface area (Å²) in [5, 5.41) is 7.36. The van der Waals surface area contributed by atoms with Crippen molar-refractivity contribution in [1.82, 2.24) is 20.4 Å². The Morgan fingerprint density at radius 1 is 1.19 bits per heavy atom. The number of halogens is 1. The summed E-state index contributed by atoms with van der Waals surface area (Å²) in [5.74, 6) is 1.66. The van der Waals surface area contributed by atoms with Gasteiger partial charge in [-0.15, -0.1) is 24.0 Å². The Labute approximate surface area is 179 Å². The van der Waals surface area contributed by atoms with Crippen molar-refractivity contribution in [2.24, 2.45) is 4.99 Å². The minimum absolute atomic E-state index is 0. The maximum Gasteiger partial charge on any atom is 0.191 e. The quantitative estimate of drug-likeness (QED) is 0.330. The molecular weight excluding hydrogens is 461 g/mol. The van der Waals surface area contributed by atoms with Crippen molar-refractivity contribution in [3.63, 3.8) is 0 Å². The van der Waals surface area contributed by atoms with Gasteiger partial charge in [-0.05, 0) is 45.8 Å². The number of nitrogens with zero attached hydrogens (tertiary/aromatic N) is 3. The number of nitrogens with one attached hydrogen (secondary N) is 2. The van der Waals surface area contributed by atoms with Crippen LogP contribution in [-0.4, -0.2) is 90.4 Å². The van der Waals surface area contributed by atoms with E-state index >= 15 is 0 Å². The molecule has 154 valence electrons. The highest BCUT2D eigenvalue weighted by atomic mass is 127. The third kappa shape index (κ3) is 8.39. The van der Waals surface area contributed by atoms with Gasteiger partial charge in [-0.2, -0.15) is 0 Å². The molecule has 8 heteroatoms. The predicted molar refractivity (Wildman–Crippen MR) is 123 cm³/mol. The number of aliphatic imine (C=N–C) groups is 1. The smallest absolute Gasteiger partial charge is 0.191 e. The Morgan fingerprint density at radius 3 is 2.73 bits per heavy atom. The Kier molecular flexibility index (Phi) is 12.3. The fourth-order valence-corrected chi connectivity index (χ4v) is 5.14. The van der Waals surface area contributed by atoms with E-state index in [2.05, 4.69) is 32.5 Å². The molecule has 0 aromatic heterocycles. The van der Waals surface area contributed by atoms with E-state index < -0.39 is 10.8 Å². The average Bonchev–Trinajstić information content (AvgIpc) is 2.84. The van der Waals surface area contributed by atoms with Crippen LogP contribution in [0.3, 0.4) is 0 Å². The van der Waals surface area contributed by atoms with Crippen LogP contribution in [0.1, 0.15) is 39.0 Å². The first-order valence-corrected chi connectivity index (χ1v) is 11.3. The fourth-order valence-electron chi connectivity index (χ4n) is 3.79. The van der Waals surface area contributed by atoms with E-state index in [-0.39, 0.29) is 24.0 Å². The molecular formula is C18H38IN5OS. The molecule has 3 unspecified atom stereocenters. The first kappa shape index (κ1) is 24.1. The van der Waals surface area contributed by atoms with Gasteiger partial charge in [-0.3, -0.25) is 9.20 Å². The van der Waals surface area contributed by atoms with E-state index in [1.165, 1.54) is 19.5 Å². The molecule has 0 radical (unpaired) electrons. The van der Waals surface area contributed by atoms with Crippen LogP contribution in [-0.2, 0) is 10.8 Å². The van der Waals surface area contributed by atoms with Crippen LogP contribution in [0.25, 0.3) is 0 Å². The van der Waals surface area contributed by atoms with E-state index in [9.17, 15) is 4.21 Å². The highest BCUT2D eigenvalue weighted by Crippen LogP contribution is 2.22. The lowest BCUT2D eigenvalue weighted by molar-refractivity contribution is 0.279. The maximum atomic E-state index is 12.1. The van der Waals surface area contributed by atoms with Crippen LogP contribution in [0.15, 0.2) is 4.99 Å². The SMILES string of the molecule is CCS(=O)C1CCCC(NC(=NC)NCCN2CCCN(C)CC2)C1.I. The van der Waals surface area contributed by atoms with E-state index in [1.54, 1.807) is 0 Å². The lowest BCUT2D eigenvalue weighted by Gasteiger charge is -2.30. The first-order chi connectivity index (χ1) is 12.1. The van der Waals surface area contributed by atoms with Gasteiger partial charge in [0.2, 0.25) is 0 Å². The van der Waals surface area contributed by atoms with Gasteiger partial charge >= 0.3 is 0 Å². The van der Waals surface area contributed by atoms with Crippen LogP contribution in [0.2, 0.25) is 0 Å². The van der Waals surface area contributed by atoms with E-state index in [0.29, 0.717) is 11.3 Å². The van der Waals surface area contributed by atoms with Gasteiger partial charge in [-0.1, -0.05) is 13.3 Å². The molecule has 1 saturated heterocycles. The lowest BCUT2D eigenvalue weighted by Crippen LogP contribution is -2.48. The molecule has 2 fully saturated rings. The zero-order valence-corrected chi connectivity index (χ0v) is 19.9. The van der Waals surface area contributed by atoms with Gasteiger partial charge in [0.25, 0.3) is 0 Å². The number of rotatable bonds is 6. The van der Waals surface area contributed by atoms with Crippen LogP contribution in [0, 0.1) is 0 Å². The molecule has 3 atom stereocenters. The fraction of sp³-hybridized carbons (Fsp3) is 0.944. The highest BCUT2D eigenvalue weighted by Gasteiger charge is 2.26. The molecule has 0 bridgehead atoms. The standard InChI is InChI=1S/C18H37N5OS.HI/c1-4-25(24)17-8-5-7-16(15-17)21-18(19-2)20-9-12-23-11-6-10-22(3)13-14-23;/h16-17H,4-15H2,1-3H3,(H2,19,20,21);1H. The van der Waals surface area contributed by atoms with Gasteiger partial charge < -0.3 is 20.4 Å². The molecule has 1 heterocycles. The summed E-state index contributed by atoms with van der Waals surface area (Å²) in [4.78, 5) is 9.32. The normalized spacial score (nSPS) is 27.3. The van der Waals surface area contributed by atoms with Crippen molar-refractivity contribution in [1.29, 1.82) is 0 Å². The Morgan fingerprint density at radius 2 is 2.00 bits per heavy atom. The van der Waals surface area contributed by atoms with Crippen molar-refractivity contribution < 1.29 is 4.21 Å². The van der Waals surface area contributed by atoms with Crippen LogP contribution < -0.4 is 10.6 Å². The predicted octanol–water partition coefficient (Wildman–Crippen LogP) is 1.49. The molecule has 1 saturated carbocycles. The number of guanidine groups is 1. The summed E-state index contributed by atoms with van der Waals surface area (Å²) in [6.45, 7) is 8.69. The summed E-state index contributed by atoms with van der Waals surface area (Å²) >= 11 is 0. The van der Waals surface area contributed by atoms with Gasteiger partial charge in [-0.25, -0.2) is 0 Å². The van der Waals surface area contributed by atoms with E-state index in [1.807, 2.05) is 14.0 Å². The van der Waals surface area contributed by atoms with Crippen molar-refractivity contribution in [2.45, 2.75) is 50.3 Å². The summed E-state index contributed by atoms with van der Waals surface area (Å²) in [6.07, 6.45) is 5.66. The second-order valence-corrected chi connectivity index (χ2v) is 9.30. The van der Waals surface area contributed by atoms with Gasteiger partial charge in [0.1, 0.15) is 0 Å².